The number of carbonyl (C=O) groups excluding carboxylic acids is 2. The first kappa shape index (κ1) is 24.6. The van der Waals surface area contributed by atoms with Gasteiger partial charge in [0.2, 0.25) is 0 Å². The van der Waals surface area contributed by atoms with Crippen molar-refractivity contribution in [3.63, 3.8) is 0 Å². The van der Waals surface area contributed by atoms with Crippen LogP contribution >= 0.6 is 11.6 Å². The molecule has 2 N–H and O–H groups in total. The van der Waals surface area contributed by atoms with Crippen LogP contribution in [0.2, 0.25) is 0 Å². The second-order valence-electron chi connectivity index (χ2n) is 8.41. The maximum Gasteiger partial charge on any atom is 0.294 e. The zero-order valence-electron chi connectivity index (χ0n) is 19.2. The lowest BCUT2D eigenvalue weighted by molar-refractivity contribution is -0.149. The zero-order valence-corrected chi connectivity index (χ0v) is 20.8. The van der Waals surface area contributed by atoms with Gasteiger partial charge in [-0.1, -0.05) is 30.3 Å². The van der Waals surface area contributed by atoms with Crippen molar-refractivity contribution in [3.05, 3.63) is 100 Å². The number of nitrogens with zero attached hydrogens (tertiary/aromatic N) is 3. The van der Waals surface area contributed by atoms with Gasteiger partial charge in [-0.25, -0.2) is 9.99 Å². The van der Waals surface area contributed by atoms with Gasteiger partial charge in [0.1, 0.15) is 17.2 Å². The molecule has 2 heterocycles. The second kappa shape index (κ2) is 9.11. The molecule has 0 saturated carbocycles. The minimum atomic E-state index is -4.51. The molecule has 1 saturated heterocycles. The average molecular weight is 539 g/mol. The van der Waals surface area contributed by atoms with Crippen LogP contribution in [0.15, 0.2) is 82.5 Å². The molecule has 5 rings (SSSR count). The number of carbonyl (C=O) groups is 2. The number of rotatable bonds is 5. The van der Waals surface area contributed by atoms with E-state index in [-0.39, 0.29) is 16.5 Å². The number of halogens is 1. The standard InChI is InChI=1S/C25H19ClN4O6S/c1-14-27-20-12-11-18(37(34,35)36)13-19(20)24(32)29(14)17-9-7-16(8-10-17)23(31)28-30-22(21(26)25(30)33)15-5-3-2-4-6-15/h2-13,21-22H,1H3,(H,28,31)(H,34,35,36). The van der Waals surface area contributed by atoms with Gasteiger partial charge in [0, 0.05) is 5.56 Å². The summed E-state index contributed by atoms with van der Waals surface area (Å²) in [5, 5.41) is 0.404. The monoisotopic (exact) mass is 538 g/mol. The van der Waals surface area contributed by atoms with Crippen molar-refractivity contribution in [2.24, 2.45) is 0 Å². The first-order valence-corrected chi connectivity index (χ1v) is 12.9. The summed E-state index contributed by atoms with van der Waals surface area (Å²) in [5.74, 6) is -0.628. The fraction of sp³-hybridized carbons (Fsp3) is 0.120. The summed E-state index contributed by atoms with van der Waals surface area (Å²) in [6, 6.07) is 18.2. The largest absolute Gasteiger partial charge is 0.294 e. The van der Waals surface area contributed by atoms with E-state index in [1.807, 2.05) is 30.3 Å². The molecule has 37 heavy (non-hydrogen) atoms. The summed E-state index contributed by atoms with van der Waals surface area (Å²) in [5.41, 5.74) is 3.71. The highest BCUT2D eigenvalue weighted by Crippen LogP contribution is 2.37. The first-order chi connectivity index (χ1) is 17.6. The number of hydrogen-bond acceptors (Lipinski definition) is 6. The fourth-order valence-corrected chi connectivity index (χ4v) is 5.09. The van der Waals surface area contributed by atoms with Crippen molar-refractivity contribution < 1.29 is 22.6 Å². The number of alkyl halides is 1. The van der Waals surface area contributed by atoms with Crippen molar-refractivity contribution >= 4 is 44.4 Å². The summed E-state index contributed by atoms with van der Waals surface area (Å²) in [6.07, 6.45) is 0. The Morgan fingerprint density at radius 1 is 1.03 bits per heavy atom. The molecule has 0 aliphatic carbocycles. The van der Waals surface area contributed by atoms with E-state index >= 15 is 0 Å². The molecule has 2 amide bonds. The molecule has 188 valence electrons. The lowest BCUT2D eigenvalue weighted by atomic mass is 9.95. The van der Waals surface area contributed by atoms with Crippen molar-refractivity contribution in [1.29, 1.82) is 0 Å². The van der Waals surface area contributed by atoms with Gasteiger partial charge in [-0.15, -0.1) is 11.6 Å². The van der Waals surface area contributed by atoms with E-state index < -0.39 is 43.8 Å². The molecule has 1 aliphatic heterocycles. The Morgan fingerprint density at radius 3 is 2.35 bits per heavy atom. The van der Waals surface area contributed by atoms with Crippen LogP contribution in [0.25, 0.3) is 16.6 Å². The first-order valence-electron chi connectivity index (χ1n) is 11.0. The predicted molar refractivity (Wildman–Crippen MR) is 135 cm³/mol. The van der Waals surface area contributed by atoms with Gasteiger partial charge in [0.15, 0.2) is 0 Å². The van der Waals surface area contributed by atoms with Gasteiger partial charge in [0.25, 0.3) is 27.5 Å². The lowest BCUT2D eigenvalue weighted by Crippen LogP contribution is -2.63. The molecule has 2 unspecified atom stereocenters. The van der Waals surface area contributed by atoms with Gasteiger partial charge >= 0.3 is 0 Å². The Morgan fingerprint density at radius 2 is 1.70 bits per heavy atom. The summed E-state index contributed by atoms with van der Waals surface area (Å²) in [7, 11) is -4.51. The van der Waals surface area contributed by atoms with Crippen molar-refractivity contribution in [3.8, 4) is 5.69 Å². The van der Waals surface area contributed by atoms with E-state index in [0.717, 1.165) is 11.6 Å². The Balaban J connectivity index is 1.43. The normalized spacial score (nSPS) is 17.5. The molecule has 12 heteroatoms. The van der Waals surface area contributed by atoms with Crippen molar-refractivity contribution in [2.45, 2.75) is 23.2 Å². The Hall–Kier alpha value is -4.06. The minimum absolute atomic E-state index is 0.00132. The number of hydrazine groups is 1. The lowest BCUT2D eigenvalue weighted by Gasteiger charge is -2.43. The molecule has 10 nitrogen and oxygen atoms in total. The number of aromatic nitrogens is 2. The van der Waals surface area contributed by atoms with E-state index in [0.29, 0.717) is 11.5 Å². The summed E-state index contributed by atoms with van der Waals surface area (Å²) in [4.78, 5) is 42.3. The molecular weight excluding hydrogens is 520 g/mol. The van der Waals surface area contributed by atoms with Crippen LogP contribution in [-0.2, 0) is 14.9 Å². The molecule has 4 aromatic rings. The van der Waals surface area contributed by atoms with E-state index in [9.17, 15) is 27.4 Å². The van der Waals surface area contributed by atoms with Gasteiger partial charge in [-0.2, -0.15) is 8.42 Å². The number of fused-ring (bicyclic) bond motifs is 1. The number of hydrogen-bond donors (Lipinski definition) is 2. The number of β-lactam (4-membered cyclic amide) rings is 1. The second-order valence-corrected chi connectivity index (χ2v) is 10.3. The highest BCUT2D eigenvalue weighted by atomic mass is 35.5. The molecule has 0 bridgehead atoms. The van der Waals surface area contributed by atoms with Crippen LogP contribution in [-0.4, -0.2) is 44.7 Å². The number of aryl methyl sites for hydroxylation is 1. The quantitative estimate of drug-likeness (QED) is 0.226. The van der Waals surface area contributed by atoms with Crippen LogP contribution in [0, 0.1) is 6.92 Å². The van der Waals surface area contributed by atoms with Crippen LogP contribution in [0.3, 0.4) is 0 Å². The number of benzene rings is 3. The van der Waals surface area contributed by atoms with E-state index in [2.05, 4.69) is 10.4 Å². The highest BCUT2D eigenvalue weighted by Gasteiger charge is 2.48. The minimum Gasteiger partial charge on any atom is -0.282 e. The Kier molecular flexibility index (Phi) is 6.06. The van der Waals surface area contributed by atoms with Crippen LogP contribution in [0.5, 0.6) is 0 Å². The van der Waals surface area contributed by atoms with E-state index in [1.54, 1.807) is 6.92 Å². The summed E-state index contributed by atoms with van der Waals surface area (Å²) >= 11 is 6.19. The predicted octanol–water partition coefficient (Wildman–Crippen LogP) is 2.78. The SMILES string of the molecule is Cc1nc2ccc(S(=O)(=O)O)cc2c(=O)n1-c1ccc(C(=O)NN2C(=O)C(Cl)C2c2ccccc2)cc1. The third-order valence-corrected chi connectivity index (χ3v) is 7.36. The van der Waals surface area contributed by atoms with E-state index in [4.69, 9.17) is 11.6 Å². The molecule has 1 fully saturated rings. The molecular formula is C25H19ClN4O6S. The van der Waals surface area contributed by atoms with Gasteiger partial charge in [-0.3, -0.25) is 28.9 Å². The topological polar surface area (TPSA) is 139 Å². The maximum absolute atomic E-state index is 13.2. The Labute approximate surface area is 215 Å². The number of amides is 2. The van der Waals surface area contributed by atoms with Gasteiger partial charge < -0.3 is 0 Å². The smallest absolute Gasteiger partial charge is 0.282 e. The molecule has 0 spiro atoms. The number of nitrogens with one attached hydrogen (secondary N) is 1. The molecule has 1 aromatic heterocycles. The third-order valence-electron chi connectivity index (χ3n) is 6.08. The average Bonchev–Trinajstić information content (AvgIpc) is 2.88. The maximum atomic E-state index is 13.2. The summed E-state index contributed by atoms with van der Waals surface area (Å²) in [6.45, 7) is 1.61. The van der Waals surface area contributed by atoms with E-state index in [1.165, 1.54) is 46.0 Å². The molecule has 0 radical (unpaired) electrons. The Bertz CT molecular complexity index is 1720. The molecule has 2 atom stereocenters. The van der Waals surface area contributed by atoms with Crippen LogP contribution < -0.4 is 11.0 Å². The van der Waals surface area contributed by atoms with Crippen molar-refractivity contribution in [1.82, 2.24) is 20.0 Å². The molecule has 3 aromatic carbocycles. The zero-order chi connectivity index (χ0) is 26.5. The fourth-order valence-electron chi connectivity index (χ4n) is 4.22. The molecule has 1 aliphatic rings. The van der Waals surface area contributed by atoms with Crippen LogP contribution in [0.4, 0.5) is 0 Å². The third kappa shape index (κ3) is 4.37. The van der Waals surface area contributed by atoms with Crippen molar-refractivity contribution in [2.75, 3.05) is 0 Å². The van der Waals surface area contributed by atoms with Gasteiger partial charge in [-0.05, 0) is 55.0 Å². The highest BCUT2D eigenvalue weighted by molar-refractivity contribution is 7.85. The summed E-state index contributed by atoms with van der Waals surface area (Å²) < 4.78 is 33.6. The van der Waals surface area contributed by atoms with Gasteiger partial charge in [0.05, 0.1) is 21.5 Å². The van der Waals surface area contributed by atoms with Crippen LogP contribution in [0.1, 0.15) is 27.8 Å².